The van der Waals surface area contributed by atoms with Crippen molar-refractivity contribution in [3.8, 4) is 0 Å². The zero-order valence-corrected chi connectivity index (χ0v) is 11.8. The molecule has 20 heavy (non-hydrogen) atoms. The molecule has 2 fully saturated rings. The minimum absolute atomic E-state index is 0.130. The summed E-state index contributed by atoms with van der Waals surface area (Å²) in [7, 11) is -3.82. The monoisotopic (exact) mass is 299 g/mol. The summed E-state index contributed by atoms with van der Waals surface area (Å²) in [5.41, 5.74) is 0.980. The van der Waals surface area contributed by atoms with Gasteiger partial charge in [-0.3, -0.25) is 4.18 Å². The SMILES string of the molecule is Cc1ccc(S(=O)(=O)O[C@@H]2CN[C@@H]3C(O)CO[C@H]32)cc1. The van der Waals surface area contributed by atoms with Gasteiger partial charge in [-0.1, -0.05) is 17.7 Å². The molecule has 7 heteroatoms. The molecule has 2 aliphatic rings. The van der Waals surface area contributed by atoms with E-state index in [1.165, 1.54) is 12.1 Å². The molecule has 0 bridgehead atoms. The predicted molar refractivity (Wildman–Crippen MR) is 70.8 cm³/mol. The third-order valence-electron chi connectivity index (χ3n) is 3.71. The number of fused-ring (bicyclic) bond motifs is 1. The Labute approximate surface area is 117 Å². The van der Waals surface area contributed by atoms with Crippen LogP contribution in [0.25, 0.3) is 0 Å². The van der Waals surface area contributed by atoms with Crippen LogP contribution in [0.5, 0.6) is 0 Å². The average molecular weight is 299 g/mol. The summed E-state index contributed by atoms with van der Waals surface area (Å²) in [5.74, 6) is 0. The molecule has 0 aromatic heterocycles. The van der Waals surface area contributed by atoms with E-state index in [-0.39, 0.29) is 17.5 Å². The van der Waals surface area contributed by atoms with Gasteiger partial charge in [-0.05, 0) is 19.1 Å². The van der Waals surface area contributed by atoms with Gasteiger partial charge in [-0.2, -0.15) is 8.42 Å². The Hall–Kier alpha value is -0.990. The number of ether oxygens (including phenoxy) is 1. The maximum Gasteiger partial charge on any atom is 0.297 e. The molecular formula is C13H17NO5S. The highest BCUT2D eigenvalue weighted by molar-refractivity contribution is 7.86. The fourth-order valence-electron chi connectivity index (χ4n) is 2.61. The molecule has 4 atom stereocenters. The maximum absolute atomic E-state index is 12.2. The number of hydrogen-bond acceptors (Lipinski definition) is 6. The van der Waals surface area contributed by atoms with Crippen LogP contribution in [0.1, 0.15) is 5.56 Å². The minimum Gasteiger partial charge on any atom is -0.389 e. The Bertz CT molecular complexity index is 585. The second-order valence-electron chi connectivity index (χ2n) is 5.20. The molecule has 110 valence electrons. The van der Waals surface area contributed by atoms with Gasteiger partial charge in [-0.25, -0.2) is 0 Å². The van der Waals surface area contributed by atoms with Crippen LogP contribution in [0, 0.1) is 6.92 Å². The first-order valence-corrected chi connectivity index (χ1v) is 7.91. The van der Waals surface area contributed by atoms with Crippen molar-refractivity contribution in [2.45, 2.75) is 36.2 Å². The lowest BCUT2D eigenvalue weighted by atomic mass is 10.1. The Morgan fingerprint density at radius 3 is 2.75 bits per heavy atom. The molecule has 0 spiro atoms. The normalized spacial score (nSPS) is 33.3. The van der Waals surface area contributed by atoms with E-state index >= 15 is 0 Å². The standard InChI is InChI=1S/C13H17NO5S/c1-8-2-4-9(5-3-8)20(16,17)19-11-6-14-12-10(15)7-18-13(11)12/h2-5,10-15H,6-7H2,1H3/t10?,11-,12-,13+/m1/s1. The topological polar surface area (TPSA) is 84.9 Å². The molecule has 1 aromatic carbocycles. The molecule has 1 aromatic rings. The molecule has 2 N–H and O–H groups in total. The summed E-state index contributed by atoms with van der Waals surface area (Å²) in [6, 6.07) is 6.24. The average Bonchev–Trinajstić information content (AvgIpc) is 2.95. The maximum atomic E-state index is 12.2. The van der Waals surface area contributed by atoms with Crippen molar-refractivity contribution >= 4 is 10.1 Å². The lowest BCUT2D eigenvalue weighted by molar-refractivity contribution is 0.0278. The van der Waals surface area contributed by atoms with Crippen LogP contribution in [-0.2, 0) is 19.0 Å². The summed E-state index contributed by atoms with van der Waals surface area (Å²) in [5, 5.41) is 12.7. The summed E-state index contributed by atoms with van der Waals surface area (Å²) >= 11 is 0. The number of aliphatic hydroxyl groups is 1. The molecule has 0 saturated carbocycles. The van der Waals surface area contributed by atoms with Gasteiger partial charge >= 0.3 is 0 Å². The minimum atomic E-state index is -3.82. The summed E-state index contributed by atoms with van der Waals surface area (Å²) in [4.78, 5) is 0.130. The third kappa shape index (κ3) is 2.47. The van der Waals surface area contributed by atoms with Crippen LogP contribution in [0.2, 0.25) is 0 Å². The van der Waals surface area contributed by atoms with Crippen molar-refractivity contribution in [2.24, 2.45) is 0 Å². The van der Waals surface area contributed by atoms with E-state index in [1.54, 1.807) is 12.1 Å². The lowest BCUT2D eigenvalue weighted by Gasteiger charge is -2.17. The Balaban J connectivity index is 1.76. The van der Waals surface area contributed by atoms with Crippen molar-refractivity contribution in [3.05, 3.63) is 29.8 Å². The van der Waals surface area contributed by atoms with E-state index in [9.17, 15) is 13.5 Å². The van der Waals surface area contributed by atoms with E-state index < -0.39 is 28.4 Å². The smallest absolute Gasteiger partial charge is 0.297 e. The van der Waals surface area contributed by atoms with Crippen molar-refractivity contribution < 1.29 is 22.4 Å². The van der Waals surface area contributed by atoms with Crippen molar-refractivity contribution in [1.82, 2.24) is 5.32 Å². The quantitative estimate of drug-likeness (QED) is 0.752. The van der Waals surface area contributed by atoms with Crippen LogP contribution < -0.4 is 5.32 Å². The number of nitrogens with one attached hydrogen (secondary N) is 1. The highest BCUT2D eigenvalue weighted by Gasteiger charge is 2.47. The van der Waals surface area contributed by atoms with Crippen LogP contribution in [-0.4, -0.2) is 51.0 Å². The van der Waals surface area contributed by atoms with Gasteiger partial charge in [0.1, 0.15) is 12.2 Å². The second kappa shape index (κ2) is 5.09. The molecule has 1 unspecified atom stereocenters. The number of hydrogen-bond donors (Lipinski definition) is 2. The van der Waals surface area contributed by atoms with Gasteiger partial charge in [0.25, 0.3) is 10.1 Å². The zero-order valence-electron chi connectivity index (χ0n) is 11.0. The van der Waals surface area contributed by atoms with Crippen LogP contribution in [0.15, 0.2) is 29.2 Å². The Morgan fingerprint density at radius 1 is 1.35 bits per heavy atom. The van der Waals surface area contributed by atoms with Gasteiger partial charge in [-0.15, -0.1) is 0 Å². The van der Waals surface area contributed by atoms with Gasteiger partial charge < -0.3 is 15.2 Å². The summed E-state index contributed by atoms with van der Waals surface area (Å²) in [6.07, 6.45) is -1.65. The molecule has 2 saturated heterocycles. The molecule has 0 aliphatic carbocycles. The number of benzene rings is 1. The van der Waals surface area contributed by atoms with Crippen LogP contribution in [0.4, 0.5) is 0 Å². The molecule has 2 aliphatic heterocycles. The van der Waals surface area contributed by atoms with E-state index in [1.807, 2.05) is 6.92 Å². The highest BCUT2D eigenvalue weighted by atomic mass is 32.2. The summed E-state index contributed by atoms with van der Waals surface area (Å²) < 4.78 is 35.1. The van der Waals surface area contributed by atoms with Crippen molar-refractivity contribution in [1.29, 1.82) is 0 Å². The molecule has 6 nitrogen and oxygen atoms in total. The number of rotatable bonds is 3. The van der Waals surface area contributed by atoms with Gasteiger partial charge in [0.15, 0.2) is 0 Å². The van der Waals surface area contributed by atoms with Gasteiger partial charge in [0.05, 0.1) is 23.6 Å². The Kier molecular flexibility index (Phi) is 3.55. The van der Waals surface area contributed by atoms with Gasteiger partial charge in [0, 0.05) is 6.54 Å². The number of aryl methyl sites for hydroxylation is 1. The van der Waals surface area contributed by atoms with Gasteiger partial charge in [0.2, 0.25) is 0 Å². The number of aliphatic hydroxyl groups excluding tert-OH is 1. The lowest BCUT2D eigenvalue weighted by Crippen LogP contribution is -2.37. The highest BCUT2D eigenvalue weighted by Crippen LogP contribution is 2.27. The van der Waals surface area contributed by atoms with E-state index in [0.717, 1.165) is 5.56 Å². The van der Waals surface area contributed by atoms with Crippen LogP contribution >= 0.6 is 0 Å². The van der Waals surface area contributed by atoms with E-state index in [4.69, 9.17) is 8.92 Å². The molecule has 2 heterocycles. The predicted octanol–water partition coefficient (Wildman–Crippen LogP) is -0.200. The summed E-state index contributed by atoms with van der Waals surface area (Å²) in [6.45, 7) is 2.43. The largest absolute Gasteiger partial charge is 0.389 e. The fourth-order valence-corrected chi connectivity index (χ4v) is 3.69. The van der Waals surface area contributed by atoms with E-state index in [0.29, 0.717) is 6.54 Å². The molecular weight excluding hydrogens is 282 g/mol. The first-order chi connectivity index (χ1) is 9.47. The zero-order chi connectivity index (χ0) is 14.3. The Morgan fingerprint density at radius 2 is 2.05 bits per heavy atom. The molecule has 0 amide bonds. The third-order valence-corrected chi connectivity index (χ3v) is 5.06. The fraction of sp³-hybridized carbons (Fsp3) is 0.538. The van der Waals surface area contributed by atoms with E-state index in [2.05, 4.69) is 5.32 Å². The first-order valence-electron chi connectivity index (χ1n) is 6.50. The van der Waals surface area contributed by atoms with Crippen molar-refractivity contribution in [2.75, 3.05) is 13.2 Å². The second-order valence-corrected chi connectivity index (χ2v) is 6.77. The van der Waals surface area contributed by atoms with Crippen LogP contribution in [0.3, 0.4) is 0 Å². The van der Waals surface area contributed by atoms with Crippen molar-refractivity contribution in [3.63, 3.8) is 0 Å². The molecule has 0 radical (unpaired) electrons. The molecule has 3 rings (SSSR count). The first kappa shape index (κ1) is 14.0.